The average molecular weight is 338 g/mol. The molecule has 1 heterocycles. The first-order valence-electron chi connectivity index (χ1n) is 6.82. The second-order valence-electron chi connectivity index (χ2n) is 5.58. The number of hydrogen-bond donors (Lipinski definition) is 1. The highest BCUT2D eigenvalue weighted by Crippen LogP contribution is 2.43. The largest absolute Gasteiger partial charge is 0.383 e. The van der Waals surface area contributed by atoms with Gasteiger partial charge in [-0.05, 0) is 31.0 Å². The summed E-state index contributed by atoms with van der Waals surface area (Å²) in [7, 11) is 0. The number of anilines is 1. The Kier molecular flexibility index (Phi) is 3.32. The summed E-state index contributed by atoms with van der Waals surface area (Å²) in [4.78, 5) is 4.68. The minimum Gasteiger partial charge on any atom is -0.383 e. The van der Waals surface area contributed by atoms with Gasteiger partial charge < -0.3 is 10.3 Å². The van der Waals surface area contributed by atoms with Crippen molar-refractivity contribution in [3.63, 3.8) is 0 Å². The van der Waals surface area contributed by atoms with Gasteiger partial charge in [-0.1, -0.05) is 29.8 Å². The van der Waals surface area contributed by atoms with E-state index in [2.05, 4.69) is 39.3 Å². The molecule has 1 aliphatic rings. The Labute approximate surface area is 126 Å². The lowest BCUT2D eigenvalue weighted by Gasteiger charge is -2.10. The molecule has 3 rings (SSSR count). The van der Waals surface area contributed by atoms with Crippen LogP contribution in [0.3, 0.4) is 0 Å². The Bertz CT molecular complexity index is 659. The third-order valence-electron chi connectivity index (χ3n) is 3.59. The summed E-state index contributed by atoms with van der Waals surface area (Å²) in [6, 6.07) is 5.05. The Balaban J connectivity index is 2.19. The van der Waals surface area contributed by atoms with Crippen molar-refractivity contribution in [2.45, 2.75) is 38.6 Å². The Morgan fingerprint density at radius 1 is 1.40 bits per heavy atom. The summed E-state index contributed by atoms with van der Waals surface area (Å²) in [6.45, 7) is 4.20. The molecule has 106 valence electrons. The van der Waals surface area contributed by atoms with Crippen LogP contribution in [0.2, 0.25) is 0 Å². The molecular weight excluding hydrogens is 321 g/mol. The fourth-order valence-electron chi connectivity index (χ4n) is 2.46. The van der Waals surface area contributed by atoms with E-state index in [1.165, 1.54) is 12.1 Å². The molecule has 1 aliphatic carbocycles. The Hall–Kier alpha value is -1.36. The number of nitrogen functional groups attached to an aromatic ring is 1. The number of aromatic nitrogens is 2. The molecule has 0 bridgehead atoms. The van der Waals surface area contributed by atoms with Gasteiger partial charge in [0.1, 0.15) is 23.2 Å². The van der Waals surface area contributed by atoms with Crippen molar-refractivity contribution in [1.82, 2.24) is 9.55 Å². The van der Waals surface area contributed by atoms with Crippen molar-refractivity contribution in [3.8, 4) is 11.3 Å². The van der Waals surface area contributed by atoms with Gasteiger partial charge in [-0.2, -0.15) is 0 Å². The minimum absolute atomic E-state index is 0.283. The van der Waals surface area contributed by atoms with Crippen LogP contribution in [0.15, 0.2) is 22.7 Å². The fraction of sp³-hybridized carbons (Fsp3) is 0.400. The Morgan fingerprint density at radius 3 is 2.70 bits per heavy atom. The molecule has 0 radical (unpaired) electrons. The lowest BCUT2D eigenvalue weighted by atomic mass is 10.1. The molecule has 3 nitrogen and oxygen atoms in total. The second kappa shape index (κ2) is 4.88. The van der Waals surface area contributed by atoms with Crippen LogP contribution in [0.25, 0.3) is 11.3 Å². The van der Waals surface area contributed by atoms with Crippen LogP contribution >= 0.6 is 15.9 Å². The van der Waals surface area contributed by atoms with Gasteiger partial charge in [0.25, 0.3) is 0 Å². The number of hydrogen-bond acceptors (Lipinski definition) is 2. The van der Waals surface area contributed by atoms with Crippen molar-refractivity contribution in [3.05, 3.63) is 34.3 Å². The molecule has 0 unspecified atom stereocenters. The van der Waals surface area contributed by atoms with E-state index in [1.807, 2.05) is 0 Å². The van der Waals surface area contributed by atoms with E-state index in [-0.39, 0.29) is 5.82 Å². The molecule has 20 heavy (non-hydrogen) atoms. The van der Waals surface area contributed by atoms with Crippen LogP contribution in [0.4, 0.5) is 10.2 Å². The molecular formula is C15H17BrFN3. The average Bonchev–Trinajstić information content (AvgIpc) is 3.16. The van der Waals surface area contributed by atoms with E-state index < -0.39 is 0 Å². The van der Waals surface area contributed by atoms with Gasteiger partial charge in [-0.25, -0.2) is 9.37 Å². The van der Waals surface area contributed by atoms with Crippen LogP contribution < -0.4 is 5.73 Å². The SMILES string of the molecule is CC(C)c1nc(-c2cc(F)ccc2Br)c(N)n1C1CC1. The summed E-state index contributed by atoms with van der Waals surface area (Å²) >= 11 is 3.45. The topological polar surface area (TPSA) is 43.8 Å². The number of rotatable bonds is 3. The molecule has 0 saturated heterocycles. The summed E-state index contributed by atoms with van der Waals surface area (Å²) in [5, 5.41) is 0. The van der Waals surface area contributed by atoms with Gasteiger partial charge in [0.05, 0.1) is 0 Å². The van der Waals surface area contributed by atoms with E-state index in [1.54, 1.807) is 6.07 Å². The van der Waals surface area contributed by atoms with Gasteiger partial charge in [0.15, 0.2) is 0 Å². The third-order valence-corrected chi connectivity index (χ3v) is 4.28. The highest BCUT2D eigenvalue weighted by Gasteiger charge is 2.31. The zero-order valence-corrected chi connectivity index (χ0v) is 13.1. The standard InChI is InChI=1S/C15H17BrFN3/c1-8(2)15-19-13(14(18)20(15)10-4-5-10)11-7-9(17)3-6-12(11)16/h3,6-8,10H,4-5,18H2,1-2H3. The van der Waals surface area contributed by atoms with Crippen LogP contribution in [0, 0.1) is 5.82 Å². The predicted molar refractivity (Wildman–Crippen MR) is 82.1 cm³/mol. The lowest BCUT2D eigenvalue weighted by molar-refractivity contribution is 0.628. The number of nitrogens with two attached hydrogens (primary N) is 1. The number of imidazole rings is 1. The molecule has 0 atom stereocenters. The van der Waals surface area contributed by atoms with Crippen molar-refractivity contribution < 1.29 is 4.39 Å². The maximum Gasteiger partial charge on any atom is 0.132 e. The molecule has 1 saturated carbocycles. The summed E-state index contributed by atoms with van der Waals surface area (Å²) in [5.41, 5.74) is 7.68. The zero-order chi connectivity index (χ0) is 14.4. The lowest BCUT2D eigenvalue weighted by Crippen LogP contribution is -2.06. The highest BCUT2D eigenvalue weighted by molar-refractivity contribution is 9.10. The maximum atomic E-state index is 13.5. The monoisotopic (exact) mass is 337 g/mol. The van der Waals surface area contributed by atoms with Crippen LogP contribution in [0.5, 0.6) is 0 Å². The molecule has 0 spiro atoms. The molecule has 2 N–H and O–H groups in total. The third kappa shape index (κ3) is 2.24. The van der Waals surface area contributed by atoms with E-state index in [0.717, 1.165) is 23.1 Å². The molecule has 1 aromatic carbocycles. The Morgan fingerprint density at radius 2 is 2.10 bits per heavy atom. The van der Waals surface area contributed by atoms with Gasteiger partial charge in [0, 0.05) is 22.0 Å². The summed E-state index contributed by atoms with van der Waals surface area (Å²) in [5.74, 6) is 1.63. The van der Waals surface area contributed by atoms with Gasteiger partial charge in [-0.3, -0.25) is 0 Å². The predicted octanol–water partition coefficient (Wildman–Crippen LogP) is 4.49. The molecule has 1 aromatic heterocycles. The van der Waals surface area contributed by atoms with Gasteiger partial charge >= 0.3 is 0 Å². The summed E-state index contributed by atoms with van der Waals surface area (Å²) < 4.78 is 16.4. The molecule has 5 heteroatoms. The van der Waals surface area contributed by atoms with Crippen molar-refractivity contribution in [2.75, 3.05) is 5.73 Å². The zero-order valence-electron chi connectivity index (χ0n) is 11.5. The van der Waals surface area contributed by atoms with Crippen molar-refractivity contribution >= 4 is 21.7 Å². The molecule has 2 aromatic rings. The summed E-state index contributed by atoms with van der Waals surface area (Å²) in [6.07, 6.45) is 2.29. The van der Waals surface area contributed by atoms with Crippen molar-refractivity contribution in [1.29, 1.82) is 0 Å². The number of nitrogens with zero attached hydrogens (tertiary/aromatic N) is 2. The molecule has 0 aliphatic heterocycles. The second-order valence-corrected chi connectivity index (χ2v) is 6.44. The van der Waals surface area contributed by atoms with Gasteiger partial charge in [0.2, 0.25) is 0 Å². The van der Waals surface area contributed by atoms with E-state index in [9.17, 15) is 4.39 Å². The molecule has 1 fully saturated rings. The number of benzene rings is 1. The van der Waals surface area contributed by atoms with Crippen LogP contribution in [-0.4, -0.2) is 9.55 Å². The van der Waals surface area contributed by atoms with E-state index in [4.69, 9.17) is 5.73 Å². The van der Waals surface area contributed by atoms with Crippen LogP contribution in [-0.2, 0) is 0 Å². The van der Waals surface area contributed by atoms with Crippen LogP contribution in [0.1, 0.15) is 44.5 Å². The normalized spacial score (nSPS) is 15.1. The smallest absolute Gasteiger partial charge is 0.132 e. The minimum atomic E-state index is -0.283. The molecule has 0 amide bonds. The van der Waals surface area contributed by atoms with E-state index >= 15 is 0 Å². The first-order valence-corrected chi connectivity index (χ1v) is 7.61. The highest BCUT2D eigenvalue weighted by atomic mass is 79.9. The first-order chi connectivity index (χ1) is 9.49. The maximum absolute atomic E-state index is 13.5. The fourth-order valence-corrected chi connectivity index (χ4v) is 2.90. The first kappa shape index (κ1) is 13.6. The number of halogens is 2. The van der Waals surface area contributed by atoms with Gasteiger partial charge in [-0.15, -0.1) is 0 Å². The van der Waals surface area contributed by atoms with E-state index in [0.29, 0.717) is 29.0 Å². The quantitative estimate of drug-likeness (QED) is 0.896. The van der Waals surface area contributed by atoms with Crippen molar-refractivity contribution in [2.24, 2.45) is 0 Å².